The van der Waals surface area contributed by atoms with Gasteiger partial charge in [-0.1, -0.05) is 40.2 Å². The van der Waals surface area contributed by atoms with Crippen LogP contribution in [0.25, 0.3) is 0 Å². The Morgan fingerprint density at radius 1 is 1.14 bits per heavy atom. The lowest BCUT2D eigenvalue weighted by molar-refractivity contribution is -0.121. The van der Waals surface area contributed by atoms with Crippen molar-refractivity contribution in [2.24, 2.45) is 0 Å². The molecule has 116 valence electrons. The molecule has 22 heavy (non-hydrogen) atoms. The summed E-state index contributed by atoms with van der Waals surface area (Å²) < 4.78 is 6.62. The zero-order chi connectivity index (χ0) is 15.8. The van der Waals surface area contributed by atoms with Gasteiger partial charge in [-0.3, -0.25) is 4.79 Å². The van der Waals surface area contributed by atoms with Crippen LogP contribution >= 0.6 is 15.9 Å². The molecule has 0 saturated carbocycles. The van der Waals surface area contributed by atoms with E-state index < -0.39 is 0 Å². The third-order valence-corrected chi connectivity index (χ3v) is 3.90. The Morgan fingerprint density at radius 3 is 2.59 bits per heavy atom. The van der Waals surface area contributed by atoms with E-state index in [1.165, 1.54) is 5.56 Å². The number of amides is 1. The van der Waals surface area contributed by atoms with Crippen molar-refractivity contribution in [3.63, 3.8) is 0 Å². The fourth-order valence-corrected chi connectivity index (χ4v) is 2.31. The Balaban J connectivity index is 1.64. The molecular formula is C18H20BrNO2. The summed E-state index contributed by atoms with van der Waals surface area (Å²) in [5, 5.41) is 2.95. The summed E-state index contributed by atoms with van der Waals surface area (Å²) in [6.45, 7) is 3.17. The molecule has 0 atom stereocenters. The Kier molecular flexibility index (Phi) is 6.46. The Hall–Kier alpha value is -1.81. The smallest absolute Gasteiger partial charge is 0.220 e. The van der Waals surface area contributed by atoms with Crippen LogP contribution < -0.4 is 10.1 Å². The molecule has 0 spiro atoms. The minimum atomic E-state index is 0.0580. The SMILES string of the molecule is Cc1ccccc1CNC(=O)CCCOc1ccc(Br)cc1. The van der Waals surface area contributed by atoms with Gasteiger partial charge in [0.05, 0.1) is 6.61 Å². The van der Waals surface area contributed by atoms with Crippen molar-refractivity contribution in [3.05, 3.63) is 64.1 Å². The number of hydrogen-bond acceptors (Lipinski definition) is 2. The van der Waals surface area contributed by atoms with E-state index in [2.05, 4.69) is 21.2 Å². The number of halogens is 1. The largest absolute Gasteiger partial charge is 0.494 e. The van der Waals surface area contributed by atoms with Gasteiger partial charge in [0, 0.05) is 17.4 Å². The number of aryl methyl sites for hydroxylation is 1. The van der Waals surface area contributed by atoms with Crippen molar-refractivity contribution in [2.45, 2.75) is 26.3 Å². The van der Waals surface area contributed by atoms with Crippen molar-refractivity contribution in [1.29, 1.82) is 0 Å². The van der Waals surface area contributed by atoms with Gasteiger partial charge < -0.3 is 10.1 Å². The summed E-state index contributed by atoms with van der Waals surface area (Å²) in [6, 6.07) is 15.7. The van der Waals surface area contributed by atoms with Crippen LogP contribution in [-0.2, 0) is 11.3 Å². The molecule has 0 aromatic heterocycles. The number of nitrogens with one attached hydrogen (secondary N) is 1. The average Bonchev–Trinajstić information content (AvgIpc) is 2.52. The predicted octanol–water partition coefficient (Wildman–Crippen LogP) is 4.23. The molecule has 0 radical (unpaired) electrons. The summed E-state index contributed by atoms with van der Waals surface area (Å²) in [5.41, 5.74) is 2.35. The molecule has 2 rings (SSSR count). The molecule has 3 nitrogen and oxygen atoms in total. The summed E-state index contributed by atoms with van der Waals surface area (Å²) in [5.74, 6) is 0.881. The fourth-order valence-electron chi connectivity index (χ4n) is 2.04. The zero-order valence-electron chi connectivity index (χ0n) is 12.6. The lowest BCUT2D eigenvalue weighted by atomic mass is 10.1. The lowest BCUT2D eigenvalue weighted by Gasteiger charge is -2.08. The van der Waals surface area contributed by atoms with Crippen molar-refractivity contribution in [1.82, 2.24) is 5.32 Å². The molecular weight excluding hydrogens is 342 g/mol. The van der Waals surface area contributed by atoms with Crippen molar-refractivity contribution >= 4 is 21.8 Å². The minimum absolute atomic E-state index is 0.0580. The van der Waals surface area contributed by atoms with Crippen LogP contribution in [0, 0.1) is 6.92 Å². The maximum atomic E-state index is 11.8. The number of ether oxygens (including phenoxy) is 1. The molecule has 4 heteroatoms. The van der Waals surface area contributed by atoms with Gasteiger partial charge in [0.25, 0.3) is 0 Å². The standard InChI is InChI=1S/C18H20BrNO2/c1-14-5-2-3-6-15(14)13-20-18(21)7-4-12-22-17-10-8-16(19)9-11-17/h2-3,5-6,8-11H,4,7,12-13H2,1H3,(H,20,21). The first-order valence-electron chi connectivity index (χ1n) is 7.35. The second-order valence-corrected chi connectivity index (χ2v) is 6.02. The average molecular weight is 362 g/mol. The van der Waals surface area contributed by atoms with Gasteiger partial charge in [0.15, 0.2) is 0 Å². The molecule has 0 aliphatic rings. The van der Waals surface area contributed by atoms with Crippen LogP contribution in [0.4, 0.5) is 0 Å². The number of carbonyl (C=O) groups is 1. The highest BCUT2D eigenvalue weighted by atomic mass is 79.9. The van der Waals surface area contributed by atoms with Gasteiger partial charge in [0.2, 0.25) is 5.91 Å². The first-order chi connectivity index (χ1) is 10.6. The number of carbonyl (C=O) groups excluding carboxylic acids is 1. The number of benzene rings is 2. The van der Waals surface area contributed by atoms with Gasteiger partial charge in [-0.2, -0.15) is 0 Å². The number of rotatable bonds is 7. The maximum absolute atomic E-state index is 11.8. The van der Waals surface area contributed by atoms with E-state index in [1.807, 2.05) is 55.5 Å². The van der Waals surface area contributed by atoms with Crippen molar-refractivity contribution in [2.75, 3.05) is 6.61 Å². The van der Waals surface area contributed by atoms with Crippen molar-refractivity contribution < 1.29 is 9.53 Å². The monoisotopic (exact) mass is 361 g/mol. The summed E-state index contributed by atoms with van der Waals surface area (Å²) >= 11 is 3.38. The first kappa shape index (κ1) is 16.6. The zero-order valence-corrected chi connectivity index (χ0v) is 14.2. The molecule has 0 saturated heterocycles. The van der Waals surface area contributed by atoms with E-state index in [1.54, 1.807) is 0 Å². The molecule has 1 N–H and O–H groups in total. The fraction of sp³-hybridized carbons (Fsp3) is 0.278. The van der Waals surface area contributed by atoms with E-state index in [0.29, 0.717) is 26.0 Å². The second kappa shape index (κ2) is 8.59. The Labute approximate surface area is 139 Å². The van der Waals surface area contributed by atoms with E-state index >= 15 is 0 Å². The van der Waals surface area contributed by atoms with Crippen LogP contribution in [0.15, 0.2) is 53.0 Å². The van der Waals surface area contributed by atoms with Gasteiger partial charge >= 0.3 is 0 Å². The maximum Gasteiger partial charge on any atom is 0.220 e. The molecule has 0 aliphatic carbocycles. The summed E-state index contributed by atoms with van der Waals surface area (Å²) in [4.78, 5) is 11.8. The molecule has 0 heterocycles. The lowest BCUT2D eigenvalue weighted by Crippen LogP contribution is -2.23. The van der Waals surface area contributed by atoms with Gasteiger partial charge in [-0.05, 0) is 48.7 Å². The summed E-state index contributed by atoms with van der Waals surface area (Å²) in [7, 11) is 0. The molecule has 0 bridgehead atoms. The highest BCUT2D eigenvalue weighted by molar-refractivity contribution is 9.10. The quantitative estimate of drug-likeness (QED) is 0.749. The third kappa shape index (κ3) is 5.53. The van der Waals surface area contributed by atoms with Crippen LogP contribution in [0.5, 0.6) is 5.75 Å². The first-order valence-corrected chi connectivity index (χ1v) is 8.14. The van der Waals surface area contributed by atoms with E-state index in [0.717, 1.165) is 15.8 Å². The highest BCUT2D eigenvalue weighted by Crippen LogP contribution is 2.16. The third-order valence-electron chi connectivity index (χ3n) is 3.37. The molecule has 0 fully saturated rings. The molecule has 0 unspecified atom stereocenters. The summed E-state index contributed by atoms with van der Waals surface area (Å²) in [6.07, 6.45) is 1.18. The van der Waals surface area contributed by atoms with Crippen LogP contribution in [0.1, 0.15) is 24.0 Å². The van der Waals surface area contributed by atoms with Gasteiger partial charge in [-0.25, -0.2) is 0 Å². The van der Waals surface area contributed by atoms with Gasteiger partial charge in [-0.15, -0.1) is 0 Å². The molecule has 2 aromatic rings. The van der Waals surface area contributed by atoms with Crippen LogP contribution in [-0.4, -0.2) is 12.5 Å². The second-order valence-electron chi connectivity index (χ2n) is 5.11. The predicted molar refractivity (Wildman–Crippen MR) is 91.9 cm³/mol. The normalized spacial score (nSPS) is 10.3. The van der Waals surface area contributed by atoms with Crippen molar-refractivity contribution in [3.8, 4) is 5.75 Å². The molecule has 0 aliphatic heterocycles. The Morgan fingerprint density at radius 2 is 1.86 bits per heavy atom. The minimum Gasteiger partial charge on any atom is -0.494 e. The van der Waals surface area contributed by atoms with E-state index in [-0.39, 0.29) is 5.91 Å². The molecule has 2 aromatic carbocycles. The van der Waals surface area contributed by atoms with Gasteiger partial charge in [0.1, 0.15) is 5.75 Å². The molecule has 1 amide bonds. The highest BCUT2D eigenvalue weighted by Gasteiger charge is 2.03. The van der Waals surface area contributed by atoms with E-state index in [9.17, 15) is 4.79 Å². The topological polar surface area (TPSA) is 38.3 Å². The Bertz CT molecular complexity index is 611. The van der Waals surface area contributed by atoms with Crippen LogP contribution in [0.3, 0.4) is 0 Å². The van der Waals surface area contributed by atoms with E-state index in [4.69, 9.17) is 4.74 Å². The van der Waals surface area contributed by atoms with Crippen LogP contribution in [0.2, 0.25) is 0 Å². The number of hydrogen-bond donors (Lipinski definition) is 1.